The van der Waals surface area contributed by atoms with Crippen molar-refractivity contribution in [1.29, 1.82) is 0 Å². The minimum atomic E-state index is 0.497. The SMILES string of the molecule is C=CCc1cc(CN)cc(OCC)c1OCC. The van der Waals surface area contributed by atoms with Crippen molar-refractivity contribution in [2.75, 3.05) is 13.2 Å². The van der Waals surface area contributed by atoms with E-state index in [0.717, 1.165) is 29.0 Å². The third kappa shape index (κ3) is 3.49. The van der Waals surface area contributed by atoms with E-state index < -0.39 is 0 Å². The third-order valence-corrected chi connectivity index (χ3v) is 2.38. The van der Waals surface area contributed by atoms with Crippen molar-refractivity contribution in [2.24, 2.45) is 5.73 Å². The smallest absolute Gasteiger partial charge is 0.164 e. The molecule has 0 amide bonds. The average molecular weight is 235 g/mol. The Morgan fingerprint density at radius 2 is 1.94 bits per heavy atom. The Morgan fingerprint density at radius 3 is 2.47 bits per heavy atom. The number of hydrogen-bond acceptors (Lipinski definition) is 3. The van der Waals surface area contributed by atoms with Crippen molar-refractivity contribution in [3.8, 4) is 11.5 Å². The molecule has 3 heteroatoms. The lowest BCUT2D eigenvalue weighted by Gasteiger charge is -2.16. The average Bonchev–Trinajstić information content (AvgIpc) is 2.33. The van der Waals surface area contributed by atoms with E-state index in [1.54, 1.807) is 0 Å². The van der Waals surface area contributed by atoms with Crippen LogP contribution in [0.4, 0.5) is 0 Å². The summed E-state index contributed by atoms with van der Waals surface area (Å²) in [5, 5.41) is 0. The van der Waals surface area contributed by atoms with Gasteiger partial charge in [-0.1, -0.05) is 12.1 Å². The summed E-state index contributed by atoms with van der Waals surface area (Å²) in [6, 6.07) is 4.00. The number of benzene rings is 1. The number of allylic oxidation sites excluding steroid dienone is 1. The topological polar surface area (TPSA) is 44.5 Å². The predicted octanol–water partition coefficient (Wildman–Crippen LogP) is 2.67. The molecule has 1 rings (SSSR count). The van der Waals surface area contributed by atoms with Crippen molar-refractivity contribution in [2.45, 2.75) is 26.8 Å². The molecule has 0 saturated heterocycles. The van der Waals surface area contributed by atoms with Gasteiger partial charge >= 0.3 is 0 Å². The first-order chi connectivity index (χ1) is 8.26. The van der Waals surface area contributed by atoms with Crippen LogP contribution in [0, 0.1) is 0 Å². The number of ether oxygens (including phenoxy) is 2. The van der Waals surface area contributed by atoms with E-state index in [4.69, 9.17) is 15.2 Å². The van der Waals surface area contributed by atoms with E-state index in [1.165, 1.54) is 0 Å². The van der Waals surface area contributed by atoms with E-state index in [2.05, 4.69) is 12.6 Å². The van der Waals surface area contributed by atoms with Crippen LogP contribution in [-0.2, 0) is 13.0 Å². The van der Waals surface area contributed by atoms with Gasteiger partial charge in [-0.2, -0.15) is 0 Å². The molecule has 1 aromatic rings. The zero-order valence-electron chi connectivity index (χ0n) is 10.7. The summed E-state index contributed by atoms with van der Waals surface area (Å²) < 4.78 is 11.3. The van der Waals surface area contributed by atoms with Gasteiger partial charge in [0.1, 0.15) is 0 Å². The van der Waals surface area contributed by atoms with Gasteiger partial charge in [0.15, 0.2) is 11.5 Å². The predicted molar refractivity (Wildman–Crippen MR) is 70.6 cm³/mol. The quantitative estimate of drug-likeness (QED) is 0.739. The van der Waals surface area contributed by atoms with Crippen LogP contribution >= 0.6 is 0 Å². The molecule has 0 heterocycles. The first kappa shape index (κ1) is 13.6. The Morgan fingerprint density at radius 1 is 1.24 bits per heavy atom. The Balaban J connectivity index is 3.21. The van der Waals surface area contributed by atoms with Crippen molar-refractivity contribution < 1.29 is 9.47 Å². The van der Waals surface area contributed by atoms with Crippen molar-refractivity contribution in [3.05, 3.63) is 35.9 Å². The van der Waals surface area contributed by atoms with Gasteiger partial charge in [-0.3, -0.25) is 0 Å². The molecule has 3 nitrogen and oxygen atoms in total. The van der Waals surface area contributed by atoms with E-state index in [0.29, 0.717) is 19.8 Å². The second-order valence-corrected chi connectivity index (χ2v) is 3.65. The Hall–Kier alpha value is -1.48. The van der Waals surface area contributed by atoms with Gasteiger partial charge in [0.25, 0.3) is 0 Å². The molecule has 0 aliphatic heterocycles. The molecule has 17 heavy (non-hydrogen) atoms. The molecule has 0 radical (unpaired) electrons. The maximum absolute atomic E-state index is 5.68. The largest absolute Gasteiger partial charge is 0.490 e. The Kier molecular flexibility index (Phi) is 5.57. The van der Waals surface area contributed by atoms with Crippen molar-refractivity contribution in [3.63, 3.8) is 0 Å². The summed E-state index contributed by atoms with van der Waals surface area (Å²) in [5.41, 5.74) is 7.81. The summed E-state index contributed by atoms with van der Waals surface area (Å²) in [6.45, 7) is 9.41. The maximum Gasteiger partial charge on any atom is 0.164 e. The first-order valence-electron chi connectivity index (χ1n) is 5.99. The summed E-state index contributed by atoms with van der Waals surface area (Å²) in [7, 11) is 0. The van der Waals surface area contributed by atoms with Gasteiger partial charge in [-0.05, 0) is 31.9 Å². The molecular weight excluding hydrogens is 214 g/mol. The zero-order valence-corrected chi connectivity index (χ0v) is 10.7. The molecule has 0 aliphatic rings. The molecule has 94 valence electrons. The second kappa shape index (κ2) is 6.97. The van der Waals surface area contributed by atoms with E-state index >= 15 is 0 Å². The highest BCUT2D eigenvalue weighted by Gasteiger charge is 2.12. The summed E-state index contributed by atoms with van der Waals surface area (Å²) >= 11 is 0. The molecule has 0 saturated carbocycles. The van der Waals surface area contributed by atoms with E-state index in [1.807, 2.05) is 26.0 Å². The lowest BCUT2D eigenvalue weighted by Crippen LogP contribution is -2.05. The minimum absolute atomic E-state index is 0.497. The van der Waals surface area contributed by atoms with Crippen LogP contribution in [0.1, 0.15) is 25.0 Å². The fourth-order valence-corrected chi connectivity index (χ4v) is 1.72. The van der Waals surface area contributed by atoms with E-state index in [-0.39, 0.29) is 0 Å². The van der Waals surface area contributed by atoms with Gasteiger partial charge < -0.3 is 15.2 Å². The van der Waals surface area contributed by atoms with Crippen LogP contribution in [0.5, 0.6) is 11.5 Å². The van der Waals surface area contributed by atoms with E-state index in [9.17, 15) is 0 Å². The number of nitrogens with two attached hydrogens (primary N) is 1. The highest BCUT2D eigenvalue weighted by Crippen LogP contribution is 2.33. The number of hydrogen-bond donors (Lipinski definition) is 1. The standard InChI is InChI=1S/C14H21NO2/c1-4-7-12-8-11(10-15)9-13(16-5-2)14(12)17-6-3/h4,8-9H,1,5-7,10,15H2,2-3H3. The van der Waals surface area contributed by atoms with Crippen LogP contribution < -0.4 is 15.2 Å². The maximum atomic E-state index is 5.68. The van der Waals surface area contributed by atoms with Gasteiger partial charge in [-0.25, -0.2) is 0 Å². The fraction of sp³-hybridized carbons (Fsp3) is 0.429. The molecule has 2 N–H and O–H groups in total. The van der Waals surface area contributed by atoms with Crippen LogP contribution in [-0.4, -0.2) is 13.2 Å². The highest BCUT2D eigenvalue weighted by atomic mass is 16.5. The molecule has 0 bridgehead atoms. The third-order valence-electron chi connectivity index (χ3n) is 2.38. The van der Waals surface area contributed by atoms with Crippen LogP contribution in [0.25, 0.3) is 0 Å². The molecular formula is C14H21NO2. The zero-order chi connectivity index (χ0) is 12.7. The fourth-order valence-electron chi connectivity index (χ4n) is 1.72. The molecule has 0 spiro atoms. The van der Waals surface area contributed by atoms with Crippen molar-refractivity contribution >= 4 is 0 Å². The molecule has 0 unspecified atom stereocenters. The van der Waals surface area contributed by atoms with Gasteiger partial charge in [-0.15, -0.1) is 6.58 Å². The molecule has 0 atom stereocenters. The highest BCUT2D eigenvalue weighted by molar-refractivity contribution is 5.50. The molecule has 0 aromatic heterocycles. The summed E-state index contributed by atoms with van der Waals surface area (Å²) in [6.07, 6.45) is 2.61. The lowest BCUT2D eigenvalue weighted by atomic mass is 10.1. The van der Waals surface area contributed by atoms with Gasteiger partial charge in [0.05, 0.1) is 13.2 Å². The first-order valence-corrected chi connectivity index (χ1v) is 5.99. The molecule has 0 fully saturated rings. The van der Waals surface area contributed by atoms with Crippen molar-refractivity contribution in [1.82, 2.24) is 0 Å². The molecule has 1 aromatic carbocycles. The lowest BCUT2D eigenvalue weighted by molar-refractivity contribution is 0.285. The van der Waals surface area contributed by atoms with Crippen LogP contribution in [0.15, 0.2) is 24.8 Å². The summed E-state index contributed by atoms with van der Waals surface area (Å²) in [4.78, 5) is 0. The Labute approximate surface area is 103 Å². The molecule has 0 aliphatic carbocycles. The second-order valence-electron chi connectivity index (χ2n) is 3.65. The van der Waals surface area contributed by atoms with Crippen LogP contribution in [0.3, 0.4) is 0 Å². The normalized spacial score (nSPS) is 10.1. The van der Waals surface area contributed by atoms with Crippen LogP contribution in [0.2, 0.25) is 0 Å². The minimum Gasteiger partial charge on any atom is -0.490 e. The van der Waals surface area contributed by atoms with Gasteiger partial charge in [0.2, 0.25) is 0 Å². The monoisotopic (exact) mass is 235 g/mol. The van der Waals surface area contributed by atoms with Gasteiger partial charge in [0, 0.05) is 12.1 Å². The number of rotatable bonds is 7. The Bertz CT molecular complexity index is 375. The summed E-state index contributed by atoms with van der Waals surface area (Å²) in [5.74, 6) is 1.58.